The van der Waals surface area contributed by atoms with Crippen molar-refractivity contribution >= 4 is 22.1 Å². The van der Waals surface area contributed by atoms with E-state index in [0.29, 0.717) is 11.4 Å². The van der Waals surface area contributed by atoms with E-state index in [2.05, 4.69) is 25.8 Å². The SMILES string of the molecule is Cc1cc(OC(=O)O)nn1Cc1cc(Br)ccc1OCc1ccc(F)cc1F. The summed E-state index contributed by atoms with van der Waals surface area (Å²) in [4.78, 5) is 10.7. The predicted octanol–water partition coefficient (Wildman–Crippen LogP) is 4.92. The van der Waals surface area contributed by atoms with Crippen molar-refractivity contribution in [3.8, 4) is 11.6 Å². The molecule has 146 valence electrons. The average Bonchev–Trinajstić information content (AvgIpc) is 2.94. The number of aryl methyl sites for hydroxylation is 1. The number of rotatable bonds is 6. The van der Waals surface area contributed by atoms with E-state index in [1.54, 1.807) is 23.7 Å². The van der Waals surface area contributed by atoms with Crippen molar-refractivity contribution in [1.82, 2.24) is 9.78 Å². The van der Waals surface area contributed by atoms with Gasteiger partial charge in [-0.2, -0.15) is 0 Å². The van der Waals surface area contributed by atoms with Crippen LogP contribution in [0.25, 0.3) is 0 Å². The van der Waals surface area contributed by atoms with Crippen LogP contribution in [0.15, 0.2) is 46.9 Å². The van der Waals surface area contributed by atoms with E-state index in [1.165, 1.54) is 18.2 Å². The normalized spacial score (nSPS) is 10.7. The van der Waals surface area contributed by atoms with Crippen LogP contribution in [0, 0.1) is 18.6 Å². The lowest BCUT2D eigenvalue weighted by Crippen LogP contribution is -2.08. The Bertz CT molecular complexity index is 1020. The largest absolute Gasteiger partial charge is 0.512 e. The van der Waals surface area contributed by atoms with E-state index in [9.17, 15) is 13.6 Å². The fourth-order valence-corrected chi connectivity index (χ4v) is 2.96. The van der Waals surface area contributed by atoms with Crippen molar-refractivity contribution in [3.63, 3.8) is 0 Å². The molecule has 2 aromatic carbocycles. The molecule has 0 aliphatic heterocycles. The van der Waals surface area contributed by atoms with Gasteiger partial charge in [0, 0.05) is 33.4 Å². The Labute approximate surface area is 167 Å². The Balaban J connectivity index is 1.81. The van der Waals surface area contributed by atoms with Gasteiger partial charge in [-0.1, -0.05) is 15.9 Å². The number of ether oxygens (including phenoxy) is 2. The number of hydrogen-bond donors (Lipinski definition) is 1. The summed E-state index contributed by atoms with van der Waals surface area (Å²) in [6.07, 6.45) is -1.45. The van der Waals surface area contributed by atoms with Crippen molar-refractivity contribution in [1.29, 1.82) is 0 Å². The number of aromatic nitrogens is 2. The van der Waals surface area contributed by atoms with E-state index in [-0.39, 0.29) is 24.6 Å². The van der Waals surface area contributed by atoms with Gasteiger partial charge in [0.15, 0.2) is 0 Å². The highest BCUT2D eigenvalue weighted by molar-refractivity contribution is 9.10. The lowest BCUT2D eigenvalue weighted by molar-refractivity contribution is 0.142. The number of nitrogens with zero attached hydrogens (tertiary/aromatic N) is 2. The van der Waals surface area contributed by atoms with Crippen LogP contribution in [-0.4, -0.2) is 21.0 Å². The molecule has 0 saturated heterocycles. The minimum absolute atomic E-state index is 0.0316. The van der Waals surface area contributed by atoms with Crippen LogP contribution in [0.1, 0.15) is 16.8 Å². The molecule has 0 spiro atoms. The Kier molecular flexibility index (Phi) is 5.93. The van der Waals surface area contributed by atoms with Crippen molar-refractivity contribution in [2.75, 3.05) is 0 Å². The van der Waals surface area contributed by atoms with Gasteiger partial charge in [-0.25, -0.2) is 13.6 Å². The first-order valence-corrected chi connectivity index (χ1v) is 8.91. The third-order valence-corrected chi connectivity index (χ3v) is 4.38. The second-order valence-corrected chi connectivity index (χ2v) is 6.84. The van der Waals surface area contributed by atoms with E-state index in [4.69, 9.17) is 9.84 Å². The second-order valence-electron chi connectivity index (χ2n) is 5.93. The van der Waals surface area contributed by atoms with Crippen LogP contribution >= 0.6 is 15.9 Å². The summed E-state index contributed by atoms with van der Waals surface area (Å²) in [5, 5.41) is 12.8. The number of carbonyl (C=O) groups is 1. The molecule has 0 radical (unpaired) electrons. The summed E-state index contributed by atoms with van der Waals surface area (Å²) < 4.78 is 39.5. The molecular formula is C19H15BrF2N2O4. The van der Waals surface area contributed by atoms with Crippen molar-refractivity contribution in [2.45, 2.75) is 20.1 Å². The fraction of sp³-hybridized carbons (Fsp3) is 0.158. The zero-order valence-electron chi connectivity index (χ0n) is 14.7. The van der Waals surface area contributed by atoms with Gasteiger partial charge in [0.2, 0.25) is 5.88 Å². The van der Waals surface area contributed by atoms with Gasteiger partial charge in [-0.05, 0) is 37.3 Å². The first-order valence-electron chi connectivity index (χ1n) is 8.12. The molecule has 3 aromatic rings. The predicted molar refractivity (Wildman–Crippen MR) is 99.6 cm³/mol. The summed E-state index contributed by atoms with van der Waals surface area (Å²) >= 11 is 3.39. The van der Waals surface area contributed by atoms with E-state index in [0.717, 1.165) is 16.1 Å². The lowest BCUT2D eigenvalue weighted by atomic mass is 10.2. The third-order valence-electron chi connectivity index (χ3n) is 3.89. The van der Waals surface area contributed by atoms with Gasteiger partial charge in [-0.3, -0.25) is 4.68 Å². The molecule has 0 saturated carbocycles. The van der Waals surface area contributed by atoms with Crippen molar-refractivity contribution < 1.29 is 28.2 Å². The molecule has 1 N–H and O–H groups in total. The number of hydrogen-bond acceptors (Lipinski definition) is 4. The Hall–Kier alpha value is -2.94. The Morgan fingerprint density at radius 2 is 1.96 bits per heavy atom. The highest BCUT2D eigenvalue weighted by Crippen LogP contribution is 2.26. The third kappa shape index (κ3) is 4.86. The molecule has 0 unspecified atom stereocenters. The summed E-state index contributed by atoms with van der Waals surface area (Å²) in [6.45, 7) is 1.95. The molecule has 1 aromatic heterocycles. The van der Waals surface area contributed by atoms with Crippen LogP contribution in [0.5, 0.6) is 11.6 Å². The summed E-state index contributed by atoms with van der Waals surface area (Å²) in [5.74, 6) is -0.880. The molecule has 0 bridgehead atoms. The molecule has 28 heavy (non-hydrogen) atoms. The standard InChI is InChI=1S/C19H15BrF2N2O4/c1-11-6-18(28-19(25)26)23-24(11)9-13-7-14(20)3-5-17(13)27-10-12-2-4-15(21)8-16(12)22/h2-8H,9-10H2,1H3,(H,25,26). The molecule has 0 fully saturated rings. The Morgan fingerprint density at radius 3 is 2.68 bits per heavy atom. The monoisotopic (exact) mass is 452 g/mol. The van der Waals surface area contributed by atoms with E-state index in [1.807, 2.05) is 6.07 Å². The van der Waals surface area contributed by atoms with Gasteiger partial charge in [0.1, 0.15) is 24.0 Å². The van der Waals surface area contributed by atoms with Crippen molar-refractivity contribution in [3.05, 3.63) is 75.4 Å². The fourth-order valence-electron chi connectivity index (χ4n) is 2.55. The average molecular weight is 453 g/mol. The quantitative estimate of drug-likeness (QED) is 0.537. The Morgan fingerprint density at radius 1 is 1.18 bits per heavy atom. The van der Waals surface area contributed by atoms with E-state index < -0.39 is 17.8 Å². The van der Waals surface area contributed by atoms with Gasteiger partial charge in [-0.15, -0.1) is 5.10 Å². The first kappa shape index (κ1) is 19.8. The molecule has 0 aliphatic rings. The minimum atomic E-state index is -1.45. The molecule has 0 aliphatic carbocycles. The van der Waals surface area contributed by atoms with Crippen molar-refractivity contribution in [2.24, 2.45) is 0 Å². The smallest absolute Gasteiger partial charge is 0.488 e. The topological polar surface area (TPSA) is 73.6 Å². The summed E-state index contributed by atoms with van der Waals surface area (Å²) in [6, 6.07) is 10.1. The van der Waals surface area contributed by atoms with Crippen LogP contribution < -0.4 is 9.47 Å². The summed E-state index contributed by atoms with van der Waals surface area (Å²) in [7, 11) is 0. The van der Waals surface area contributed by atoms with Crippen LogP contribution in [-0.2, 0) is 13.2 Å². The molecule has 3 rings (SSSR count). The molecular weight excluding hydrogens is 438 g/mol. The number of halogens is 3. The first-order chi connectivity index (χ1) is 13.3. The second kappa shape index (κ2) is 8.39. The van der Waals surface area contributed by atoms with E-state index >= 15 is 0 Å². The van der Waals surface area contributed by atoms with Gasteiger partial charge in [0.25, 0.3) is 0 Å². The zero-order chi connectivity index (χ0) is 20.3. The van der Waals surface area contributed by atoms with Crippen LogP contribution in [0.2, 0.25) is 0 Å². The maximum absolute atomic E-state index is 13.8. The lowest BCUT2D eigenvalue weighted by Gasteiger charge is -2.13. The zero-order valence-corrected chi connectivity index (χ0v) is 16.2. The molecule has 1 heterocycles. The van der Waals surface area contributed by atoms with Gasteiger partial charge >= 0.3 is 6.16 Å². The number of carboxylic acid groups (broad SMARTS) is 1. The van der Waals surface area contributed by atoms with Gasteiger partial charge < -0.3 is 14.6 Å². The maximum atomic E-state index is 13.8. The highest BCUT2D eigenvalue weighted by Gasteiger charge is 2.13. The summed E-state index contributed by atoms with van der Waals surface area (Å²) in [5.41, 5.74) is 1.64. The van der Waals surface area contributed by atoms with Crippen LogP contribution in [0.4, 0.5) is 13.6 Å². The maximum Gasteiger partial charge on any atom is 0.512 e. The molecule has 6 nitrogen and oxygen atoms in total. The highest BCUT2D eigenvalue weighted by atomic mass is 79.9. The van der Waals surface area contributed by atoms with Crippen LogP contribution in [0.3, 0.4) is 0 Å². The molecule has 9 heteroatoms. The molecule has 0 atom stereocenters. The number of benzene rings is 2. The minimum Gasteiger partial charge on any atom is -0.488 e. The van der Waals surface area contributed by atoms with Gasteiger partial charge in [0.05, 0.1) is 6.54 Å². The molecule has 0 amide bonds.